The normalized spacial score (nSPS) is 11.9. The molecule has 0 nitrogen and oxygen atoms in total. The van der Waals surface area contributed by atoms with E-state index in [1.54, 1.807) is 114 Å². The van der Waals surface area contributed by atoms with Crippen molar-refractivity contribution in [2.45, 2.75) is 221 Å². The molecular weight excluding hydrogens is 726 g/mol. The van der Waals surface area contributed by atoms with Crippen molar-refractivity contribution in [1.82, 2.24) is 0 Å². The van der Waals surface area contributed by atoms with Gasteiger partial charge in [0.2, 0.25) is 0 Å². The van der Waals surface area contributed by atoms with Crippen molar-refractivity contribution in [2.75, 3.05) is 49.3 Å². The second kappa shape index (κ2) is 39.6. The van der Waals surface area contributed by atoms with Gasteiger partial charge in [-0.15, -0.1) is 0 Å². The number of hydrogen-bond donors (Lipinski definition) is 0. The van der Waals surface area contributed by atoms with E-state index in [2.05, 4.69) is 41.5 Å². The van der Waals surface area contributed by atoms with Crippen LogP contribution in [0.1, 0.15) is 221 Å². The molecule has 0 aromatic rings. The van der Waals surface area contributed by atoms with Gasteiger partial charge in [0.05, 0.1) is 49.3 Å². The summed E-state index contributed by atoms with van der Waals surface area (Å²) in [6.07, 6.45) is 54.8. The van der Waals surface area contributed by atoms with Crippen LogP contribution in [0, 0.1) is 0 Å². The predicted molar refractivity (Wildman–Crippen MR) is 216 cm³/mol. The first-order valence-corrected chi connectivity index (χ1v) is 26.3. The molecule has 0 saturated heterocycles. The molecule has 0 atom stereocenters. The van der Waals surface area contributed by atoms with E-state index in [1.165, 1.54) is 116 Å². The van der Waals surface area contributed by atoms with Gasteiger partial charge in [0.15, 0.2) is 0 Å². The Labute approximate surface area is 317 Å². The van der Waals surface area contributed by atoms with Crippen LogP contribution in [0.5, 0.6) is 0 Å². The molecule has 0 heterocycles. The summed E-state index contributed by atoms with van der Waals surface area (Å²) in [7, 11) is -1.51. The molecule has 0 bridgehead atoms. The Balaban J connectivity index is -0.00000924. The Morgan fingerprint density at radius 2 is 0.326 bits per heavy atom. The van der Waals surface area contributed by atoms with Gasteiger partial charge in [-0.2, -0.15) is 0 Å². The molecule has 0 rings (SSSR count). The molecule has 0 unspecified atom stereocenters. The summed E-state index contributed by atoms with van der Waals surface area (Å²) in [6.45, 7) is 14.3. The maximum absolute atomic E-state index is 2.39. The van der Waals surface area contributed by atoms with E-state index < -0.39 is 14.5 Å². The number of halogens is 2. The van der Waals surface area contributed by atoms with Crippen LogP contribution in [-0.4, -0.2) is 49.3 Å². The molecule has 0 aromatic carbocycles. The molecule has 0 fully saturated rings. The van der Waals surface area contributed by atoms with Gasteiger partial charge >= 0.3 is 0 Å². The topological polar surface area (TPSA) is 0 Å². The molecule has 0 aliphatic rings. The van der Waals surface area contributed by atoms with Gasteiger partial charge < -0.3 is 34.0 Å². The van der Waals surface area contributed by atoms with Crippen molar-refractivity contribution >= 4 is 14.5 Å². The average molecular weight is 817 g/mol. The summed E-state index contributed by atoms with van der Waals surface area (Å²) in [6, 6.07) is 0. The van der Waals surface area contributed by atoms with Crippen LogP contribution in [0.25, 0.3) is 0 Å². The van der Waals surface area contributed by atoms with Crippen LogP contribution >= 0.6 is 14.5 Å². The fourth-order valence-corrected chi connectivity index (χ4v) is 17.7. The second-order valence-corrected chi connectivity index (χ2v) is 24.2. The van der Waals surface area contributed by atoms with Crippen LogP contribution in [0.3, 0.4) is 0 Å². The summed E-state index contributed by atoms with van der Waals surface area (Å²) in [4.78, 5) is 0. The first kappa shape index (κ1) is 52.2. The van der Waals surface area contributed by atoms with Crippen LogP contribution in [0.2, 0.25) is 0 Å². The number of unbranched alkanes of at least 4 members (excludes halogenated alkanes) is 21. The van der Waals surface area contributed by atoms with Gasteiger partial charge in [0.1, 0.15) is 0 Å². The Morgan fingerprint density at radius 1 is 0.196 bits per heavy atom. The maximum atomic E-state index is 2.39. The highest BCUT2D eigenvalue weighted by molar-refractivity contribution is 7.76. The lowest BCUT2D eigenvalue weighted by atomic mass is 10.2. The Morgan fingerprint density at radius 3 is 0.457 bits per heavy atom. The van der Waals surface area contributed by atoms with E-state index >= 15 is 0 Å². The van der Waals surface area contributed by atoms with Crippen molar-refractivity contribution in [3.05, 3.63) is 0 Å². The van der Waals surface area contributed by atoms with Crippen molar-refractivity contribution in [3.63, 3.8) is 0 Å². The minimum atomic E-state index is -0.756. The minimum absolute atomic E-state index is 0. The summed E-state index contributed by atoms with van der Waals surface area (Å²) in [5, 5.41) is 0. The molecule has 4 heteroatoms. The predicted octanol–water partition coefficient (Wildman–Crippen LogP) is 10.1. The third kappa shape index (κ3) is 30.6. The highest BCUT2D eigenvalue weighted by Gasteiger charge is 2.36. The van der Waals surface area contributed by atoms with Crippen LogP contribution in [0.15, 0.2) is 0 Å². The SMILES string of the molecule is CCCCCC[P+](CCCCCC)(CCCCCC)CCCCCC[P+](CCCCCC)(CCCCCC)CCCCCC.[Br-].[Br-]. The minimum Gasteiger partial charge on any atom is -1.00 e. The highest BCUT2D eigenvalue weighted by atomic mass is 79.9. The highest BCUT2D eigenvalue weighted by Crippen LogP contribution is 2.63. The zero-order valence-electron chi connectivity index (χ0n) is 33.1. The van der Waals surface area contributed by atoms with Crippen molar-refractivity contribution in [3.8, 4) is 0 Å². The first-order chi connectivity index (χ1) is 21.6. The fraction of sp³-hybridized carbons (Fsp3) is 1.00. The molecule has 0 aliphatic carbocycles. The van der Waals surface area contributed by atoms with Gasteiger partial charge in [0, 0.05) is 14.5 Å². The largest absolute Gasteiger partial charge is 1.00 e. The van der Waals surface area contributed by atoms with E-state index in [0.717, 1.165) is 0 Å². The van der Waals surface area contributed by atoms with E-state index in [0.29, 0.717) is 0 Å². The molecule has 0 radical (unpaired) electrons. The lowest BCUT2D eigenvalue weighted by Gasteiger charge is -2.29. The molecule has 0 aromatic heterocycles. The molecule has 0 spiro atoms. The van der Waals surface area contributed by atoms with Gasteiger partial charge in [-0.1, -0.05) is 119 Å². The van der Waals surface area contributed by atoms with Gasteiger partial charge in [-0.05, 0) is 103 Å². The lowest BCUT2D eigenvalue weighted by molar-refractivity contribution is -0.001000. The van der Waals surface area contributed by atoms with E-state index in [-0.39, 0.29) is 34.0 Å². The monoisotopic (exact) mass is 814 g/mol. The first-order valence-electron chi connectivity index (χ1n) is 21.3. The molecule has 0 saturated carbocycles. The zero-order valence-corrected chi connectivity index (χ0v) is 38.1. The number of hydrogen-bond acceptors (Lipinski definition) is 0. The zero-order chi connectivity index (χ0) is 32.5. The summed E-state index contributed by atoms with van der Waals surface area (Å²) in [5.74, 6) is 0. The van der Waals surface area contributed by atoms with E-state index in [4.69, 9.17) is 0 Å². The number of rotatable bonds is 37. The smallest absolute Gasteiger partial charge is 0.0594 e. The van der Waals surface area contributed by atoms with Crippen LogP contribution < -0.4 is 34.0 Å². The van der Waals surface area contributed by atoms with Gasteiger partial charge in [-0.3, -0.25) is 0 Å². The Bertz CT molecular complexity index is 445. The van der Waals surface area contributed by atoms with Crippen molar-refractivity contribution in [2.24, 2.45) is 0 Å². The molecule has 282 valence electrons. The van der Waals surface area contributed by atoms with Crippen molar-refractivity contribution in [1.29, 1.82) is 0 Å². The molecule has 0 N–H and O–H groups in total. The molecule has 0 amide bonds. The average Bonchev–Trinajstić information content (AvgIpc) is 3.03. The third-order valence-electron chi connectivity index (χ3n) is 10.9. The standard InChI is InChI=1S/C42H90P2.2BrH/c1-7-13-19-27-35-43(36-28-20-14-8-2,37-29-21-15-9-3)41-33-25-26-34-42-44(38-30-22-16-10-4,39-31-23-17-11-5)40-32-24-18-12-6;;/h7-42H2,1-6H3;2*1H/q+2;;/p-2. The Hall–Kier alpha value is 1.82. The third-order valence-corrected chi connectivity index (χ3v) is 21.1. The summed E-state index contributed by atoms with van der Waals surface area (Å²) in [5.41, 5.74) is 0. The van der Waals surface area contributed by atoms with Gasteiger partial charge in [0.25, 0.3) is 0 Å². The molecule has 0 aliphatic heterocycles. The van der Waals surface area contributed by atoms with Gasteiger partial charge in [-0.25, -0.2) is 0 Å². The van der Waals surface area contributed by atoms with E-state index in [9.17, 15) is 0 Å². The lowest BCUT2D eigenvalue weighted by Crippen LogP contribution is -3.00. The van der Waals surface area contributed by atoms with Crippen LogP contribution in [-0.2, 0) is 0 Å². The molecular formula is C42H90Br2P2. The Kier molecular flexibility index (Phi) is 44.9. The summed E-state index contributed by atoms with van der Waals surface area (Å²) < 4.78 is 0. The van der Waals surface area contributed by atoms with Crippen LogP contribution in [0.4, 0.5) is 0 Å². The molecule has 46 heavy (non-hydrogen) atoms. The van der Waals surface area contributed by atoms with E-state index in [1.807, 2.05) is 0 Å². The maximum Gasteiger partial charge on any atom is 0.0594 e. The summed E-state index contributed by atoms with van der Waals surface area (Å²) >= 11 is 0. The second-order valence-electron chi connectivity index (χ2n) is 15.3. The van der Waals surface area contributed by atoms with Crippen molar-refractivity contribution < 1.29 is 34.0 Å². The fourth-order valence-electron chi connectivity index (χ4n) is 7.83. The quantitative estimate of drug-likeness (QED) is 0.0433.